The number of hydrogen-bond donors (Lipinski definition) is 2. The summed E-state index contributed by atoms with van der Waals surface area (Å²) in [5, 5.41) is 6.98. The maximum Gasteiger partial charge on any atom is 0.258 e. The number of rotatable bonds is 6. The quantitative estimate of drug-likeness (QED) is 0.694. The highest BCUT2D eigenvalue weighted by Crippen LogP contribution is 2.35. The van der Waals surface area contributed by atoms with Crippen LogP contribution in [0.4, 0.5) is 5.69 Å². The Morgan fingerprint density at radius 1 is 1.33 bits per heavy atom. The van der Waals surface area contributed by atoms with Crippen LogP contribution in [0.15, 0.2) is 47.5 Å². The molecule has 2 aromatic heterocycles. The summed E-state index contributed by atoms with van der Waals surface area (Å²) in [6, 6.07) is 7.37. The van der Waals surface area contributed by atoms with Crippen molar-refractivity contribution in [2.24, 2.45) is 5.73 Å². The van der Waals surface area contributed by atoms with E-state index in [-0.39, 0.29) is 5.91 Å². The number of hydrogen-bond acceptors (Lipinski definition) is 6. The van der Waals surface area contributed by atoms with Crippen molar-refractivity contribution >= 4 is 11.6 Å². The normalized spacial score (nSPS) is 15.7. The summed E-state index contributed by atoms with van der Waals surface area (Å²) in [5.41, 5.74) is 7.35. The molecule has 0 atom stereocenters. The van der Waals surface area contributed by atoms with E-state index >= 15 is 0 Å². The van der Waals surface area contributed by atoms with E-state index < -0.39 is 5.54 Å². The van der Waals surface area contributed by atoms with Gasteiger partial charge in [-0.15, -0.1) is 0 Å². The van der Waals surface area contributed by atoms with Crippen molar-refractivity contribution in [3.8, 4) is 11.5 Å². The van der Waals surface area contributed by atoms with Crippen molar-refractivity contribution < 1.29 is 9.32 Å². The zero-order valence-electron chi connectivity index (χ0n) is 15.0. The van der Waals surface area contributed by atoms with E-state index in [0.29, 0.717) is 30.4 Å². The summed E-state index contributed by atoms with van der Waals surface area (Å²) < 4.78 is 7.28. The topological polar surface area (TPSA) is 112 Å². The number of anilines is 1. The van der Waals surface area contributed by atoms with Crippen LogP contribution >= 0.6 is 0 Å². The minimum absolute atomic E-state index is 0.0704. The fourth-order valence-corrected chi connectivity index (χ4v) is 3.38. The monoisotopic (exact) mass is 366 g/mol. The Balaban J connectivity index is 1.43. The molecule has 0 saturated heterocycles. The minimum Gasteiger partial charge on any atom is -0.337 e. The van der Waals surface area contributed by atoms with Gasteiger partial charge in [0, 0.05) is 36.6 Å². The molecule has 0 aliphatic heterocycles. The number of aryl methyl sites for hydroxylation is 1. The Hall–Kier alpha value is -3.00. The van der Waals surface area contributed by atoms with Gasteiger partial charge in [-0.3, -0.25) is 4.79 Å². The van der Waals surface area contributed by atoms with E-state index in [1.54, 1.807) is 12.5 Å². The number of nitrogens with one attached hydrogen (secondary N) is 1. The fourth-order valence-electron chi connectivity index (χ4n) is 3.38. The van der Waals surface area contributed by atoms with Gasteiger partial charge in [0.25, 0.3) is 5.89 Å². The lowest BCUT2D eigenvalue weighted by molar-refractivity contribution is -0.116. The number of carbonyl (C=O) groups excluding carboxylic acids is 1. The molecule has 3 N–H and O–H groups in total. The molecule has 0 radical (unpaired) electrons. The highest BCUT2D eigenvalue weighted by Gasteiger charge is 2.36. The first-order valence-corrected chi connectivity index (χ1v) is 9.11. The largest absolute Gasteiger partial charge is 0.337 e. The average Bonchev–Trinajstić information content (AvgIpc) is 3.42. The highest BCUT2D eigenvalue weighted by atomic mass is 16.5. The number of benzene rings is 1. The van der Waals surface area contributed by atoms with E-state index in [1.165, 1.54) is 0 Å². The molecule has 1 fully saturated rings. The van der Waals surface area contributed by atoms with Crippen molar-refractivity contribution in [1.82, 2.24) is 19.7 Å². The van der Waals surface area contributed by atoms with Crippen molar-refractivity contribution in [2.75, 3.05) is 5.32 Å². The Bertz CT molecular complexity index is 912. The first-order valence-electron chi connectivity index (χ1n) is 9.11. The van der Waals surface area contributed by atoms with E-state index in [4.69, 9.17) is 10.3 Å². The fraction of sp³-hybridized carbons (Fsp3) is 0.368. The second kappa shape index (κ2) is 7.32. The molecule has 8 heteroatoms. The molecule has 1 amide bonds. The Labute approximate surface area is 156 Å². The van der Waals surface area contributed by atoms with Crippen LogP contribution < -0.4 is 11.1 Å². The highest BCUT2D eigenvalue weighted by molar-refractivity contribution is 5.91. The van der Waals surface area contributed by atoms with E-state index in [9.17, 15) is 4.79 Å². The lowest BCUT2D eigenvalue weighted by atomic mass is 9.99. The maximum atomic E-state index is 12.2. The number of aromatic nitrogens is 4. The average molecular weight is 366 g/mol. The molecule has 2 heterocycles. The van der Waals surface area contributed by atoms with Gasteiger partial charge in [-0.1, -0.05) is 24.1 Å². The van der Waals surface area contributed by atoms with Gasteiger partial charge >= 0.3 is 0 Å². The lowest BCUT2D eigenvalue weighted by Crippen LogP contribution is -2.34. The first kappa shape index (κ1) is 17.4. The minimum atomic E-state index is -0.485. The molecule has 0 bridgehead atoms. The van der Waals surface area contributed by atoms with Gasteiger partial charge in [0.05, 0.1) is 11.9 Å². The molecule has 1 aromatic carbocycles. The molecule has 3 aromatic rings. The smallest absolute Gasteiger partial charge is 0.258 e. The summed E-state index contributed by atoms with van der Waals surface area (Å²) >= 11 is 0. The van der Waals surface area contributed by atoms with Gasteiger partial charge < -0.3 is 20.1 Å². The number of amides is 1. The van der Waals surface area contributed by atoms with Crippen LogP contribution in [0, 0.1) is 0 Å². The van der Waals surface area contributed by atoms with Crippen LogP contribution in [-0.4, -0.2) is 25.6 Å². The molecule has 1 aliphatic rings. The van der Waals surface area contributed by atoms with Crippen LogP contribution in [-0.2, 0) is 16.9 Å². The molecule has 140 valence electrons. The van der Waals surface area contributed by atoms with Crippen molar-refractivity contribution in [1.29, 1.82) is 0 Å². The lowest BCUT2D eigenvalue weighted by Gasteiger charge is -2.17. The number of carbonyl (C=O) groups is 1. The number of nitrogens with two attached hydrogens (primary N) is 1. The maximum absolute atomic E-state index is 12.2. The van der Waals surface area contributed by atoms with Gasteiger partial charge in [-0.25, -0.2) is 4.98 Å². The molecule has 27 heavy (non-hydrogen) atoms. The zero-order chi connectivity index (χ0) is 18.7. The SMILES string of the molecule is NC1(c2noc(-c3cccc(NC(=O)CCn4ccnc4)c3)n2)CCCC1. The molecular formula is C19H22N6O2. The second-order valence-electron chi connectivity index (χ2n) is 6.97. The van der Waals surface area contributed by atoms with Gasteiger partial charge in [0.15, 0.2) is 5.82 Å². The molecule has 1 aliphatic carbocycles. The third-order valence-corrected chi connectivity index (χ3v) is 4.92. The summed E-state index contributed by atoms with van der Waals surface area (Å²) in [5.74, 6) is 0.903. The van der Waals surface area contributed by atoms with Crippen molar-refractivity contribution in [3.05, 3.63) is 48.8 Å². The summed E-state index contributed by atoms with van der Waals surface area (Å²) in [7, 11) is 0. The standard InChI is InChI=1S/C19H22N6O2/c20-19(7-1-2-8-19)18-23-17(27-24-18)14-4-3-5-15(12-14)22-16(26)6-10-25-11-9-21-13-25/h3-5,9,11-13H,1-2,6-8,10,20H2,(H,22,26). The Morgan fingerprint density at radius 2 is 2.19 bits per heavy atom. The molecule has 0 unspecified atom stereocenters. The second-order valence-corrected chi connectivity index (χ2v) is 6.97. The Kier molecular flexibility index (Phi) is 4.72. The van der Waals surface area contributed by atoms with Gasteiger partial charge in [0.1, 0.15) is 0 Å². The third kappa shape index (κ3) is 3.90. The molecular weight excluding hydrogens is 344 g/mol. The van der Waals surface area contributed by atoms with Crippen molar-refractivity contribution in [2.45, 2.75) is 44.2 Å². The molecule has 4 rings (SSSR count). The summed E-state index contributed by atoms with van der Waals surface area (Å²) in [4.78, 5) is 20.6. The number of imidazole rings is 1. The van der Waals surface area contributed by atoms with Crippen LogP contribution in [0.5, 0.6) is 0 Å². The first-order chi connectivity index (χ1) is 13.1. The number of nitrogens with zero attached hydrogens (tertiary/aromatic N) is 4. The predicted octanol–water partition coefficient (Wildman–Crippen LogP) is 2.69. The summed E-state index contributed by atoms with van der Waals surface area (Å²) in [6.45, 7) is 0.580. The van der Waals surface area contributed by atoms with Crippen LogP contribution in [0.2, 0.25) is 0 Å². The molecule has 1 saturated carbocycles. The van der Waals surface area contributed by atoms with E-state index in [2.05, 4.69) is 20.4 Å². The van der Waals surface area contributed by atoms with Crippen LogP contribution in [0.1, 0.15) is 37.9 Å². The predicted molar refractivity (Wildman–Crippen MR) is 99.5 cm³/mol. The van der Waals surface area contributed by atoms with E-state index in [0.717, 1.165) is 31.2 Å². The van der Waals surface area contributed by atoms with Crippen molar-refractivity contribution in [3.63, 3.8) is 0 Å². The molecule has 0 spiro atoms. The summed E-state index contributed by atoms with van der Waals surface area (Å²) in [6.07, 6.45) is 9.49. The zero-order valence-corrected chi connectivity index (χ0v) is 15.0. The third-order valence-electron chi connectivity index (χ3n) is 4.92. The van der Waals surface area contributed by atoms with Gasteiger partial charge in [-0.2, -0.15) is 4.98 Å². The van der Waals surface area contributed by atoms with Crippen LogP contribution in [0.3, 0.4) is 0 Å². The Morgan fingerprint density at radius 3 is 2.96 bits per heavy atom. The van der Waals surface area contributed by atoms with Gasteiger partial charge in [-0.05, 0) is 31.0 Å². The van der Waals surface area contributed by atoms with E-state index in [1.807, 2.05) is 35.0 Å². The molecule has 8 nitrogen and oxygen atoms in total. The van der Waals surface area contributed by atoms with Gasteiger partial charge in [0.2, 0.25) is 5.91 Å². The van der Waals surface area contributed by atoms with Crippen LogP contribution in [0.25, 0.3) is 11.5 Å².